The number of aromatic nitrogens is 1. The molecule has 1 aromatic heterocycles. The number of nitrogens with one attached hydrogen (secondary N) is 11. The molecule has 1 saturated heterocycles. The summed E-state index contributed by atoms with van der Waals surface area (Å²) in [6, 6.07) is -1.54. The summed E-state index contributed by atoms with van der Waals surface area (Å²) in [7, 11) is 0. The number of likely N-dealkylation sites (tertiary alicyclic amines) is 1. The van der Waals surface area contributed by atoms with E-state index < -0.39 is 194 Å². The first kappa shape index (κ1) is 89.4. The van der Waals surface area contributed by atoms with E-state index in [1.54, 1.807) is 64.2 Å². The number of aromatic amines is 1. The van der Waals surface area contributed by atoms with Gasteiger partial charge in [-0.25, -0.2) is 4.79 Å². The van der Waals surface area contributed by atoms with Crippen LogP contribution in [0.5, 0.6) is 0 Å². The Morgan fingerprint density at radius 2 is 1.02 bits per heavy atom. The zero-order valence-electron chi connectivity index (χ0n) is 61.6. The quantitative estimate of drug-likeness (QED) is 0.0143. The van der Waals surface area contributed by atoms with E-state index in [1.165, 1.54) is 11.8 Å². The van der Waals surface area contributed by atoms with Crippen molar-refractivity contribution < 1.29 is 82.4 Å². The van der Waals surface area contributed by atoms with Gasteiger partial charge >= 0.3 is 11.9 Å². The summed E-state index contributed by atoms with van der Waals surface area (Å²) in [4.78, 5) is 204. The highest BCUT2D eigenvalue weighted by molar-refractivity contribution is 6.00. The third kappa shape index (κ3) is 30.5. The van der Waals surface area contributed by atoms with Crippen molar-refractivity contribution in [2.45, 2.75) is 210 Å². The fraction of sp³-hybridized carbons (Fsp3) is 0.571. The van der Waals surface area contributed by atoms with Crippen molar-refractivity contribution in [3.05, 3.63) is 71.9 Å². The molecular weight excluding hydrogens is 1410 g/mol. The highest BCUT2D eigenvalue weighted by Crippen LogP contribution is 2.23. The summed E-state index contributed by atoms with van der Waals surface area (Å²) in [5, 5.41) is 56.3. The topological polar surface area (TPSA) is 646 Å². The zero-order chi connectivity index (χ0) is 80.3. The molecule has 108 heavy (non-hydrogen) atoms. The molecule has 0 aliphatic carbocycles. The number of aliphatic imine (C=N–C) groups is 2. The number of rotatable bonds is 48. The molecular formula is C70H109N21O17. The summed E-state index contributed by atoms with van der Waals surface area (Å²) in [6.07, 6.45) is 0.546. The van der Waals surface area contributed by atoms with E-state index in [1.807, 2.05) is 24.3 Å². The summed E-state index contributed by atoms with van der Waals surface area (Å²) >= 11 is 0. The van der Waals surface area contributed by atoms with E-state index in [2.05, 4.69) is 68.1 Å². The fourth-order valence-electron chi connectivity index (χ4n) is 11.8. The second-order valence-corrected chi connectivity index (χ2v) is 27.3. The molecule has 1 aliphatic heterocycles. The number of guanidine groups is 2. The number of fused-ring (bicyclic) bond motifs is 1. The fourth-order valence-corrected chi connectivity index (χ4v) is 11.8. The number of carboxylic acid groups (broad SMARTS) is 2. The number of benzene rings is 2. The lowest BCUT2D eigenvalue weighted by Gasteiger charge is -2.32. The molecule has 3 aromatic rings. The van der Waals surface area contributed by atoms with Gasteiger partial charge in [-0.05, 0) is 126 Å². The van der Waals surface area contributed by atoms with Crippen LogP contribution in [0.25, 0.3) is 10.9 Å². The minimum absolute atomic E-state index is 0.0236. The second kappa shape index (κ2) is 45.5. The lowest BCUT2D eigenvalue weighted by molar-refractivity contribution is -0.143. The lowest BCUT2D eigenvalue weighted by Crippen LogP contribution is -2.61. The van der Waals surface area contributed by atoms with Crippen LogP contribution >= 0.6 is 0 Å². The SMILES string of the molecule is CC(C)C[C@H](NC(=O)[C@H](CCC(=O)O)NC(=O)[C@H](CO)NC(=O)[C@H](CCCCN)NC(=O)[C@@H](N)Cc1c[nH]c2ccccc12)C(=O)N1CCC[C@H]1C(=O)N[C@H](C(=O)N[C@@H](CCC(N)=O)C(=O)N[C@@H](CCCN=C(N)N)C(=O)N[C@@H](C)C(=O)N[C@@H](CCCN=C(N)N)C(=O)N[C@@H](Cc1ccccc1)C(=O)O)C(C)C. The van der Waals surface area contributed by atoms with Crippen molar-refractivity contribution in [3.63, 3.8) is 0 Å². The van der Waals surface area contributed by atoms with E-state index in [9.17, 15) is 82.4 Å². The number of aliphatic hydroxyl groups excluding tert-OH is 1. The first-order chi connectivity index (χ1) is 51.1. The van der Waals surface area contributed by atoms with E-state index >= 15 is 0 Å². The molecule has 28 N–H and O–H groups in total. The molecule has 0 unspecified atom stereocenters. The van der Waals surface area contributed by atoms with Crippen molar-refractivity contribution in [2.75, 3.05) is 32.8 Å². The van der Waals surface area contributed by atoms with Gasteiger partial charge < -0.3 is 119 Å². The molecule has 4 rings (SSSR count). The molecule has 38 heteroatoms. The number of aliphatic hydroxyl groups is 1. The van der Waals surface area contributed by atoms with Gasteiger partial charge in [-0.2, -0.15) is 0 Å². The van der Waals surface area contributed by atoms with Gasteiger partial charge in [0.15, 0.2) is 11.9 Å². The predicted molar refractivity (Wildman–Crippen MR) is 397 cm³/mol. The number of carbonyl (C=O) groups is 14. The number of hydrogen-bond acceptors (Lipinski definition) is 19. The largest absolute Gasteiger partial charge is 0.481 e. The first-order valence-electron chi connectivity index (χ1n) is 36.0. The number of amides is 12. The van der Waals surface area contributed by atoms with Gasteiger partial charge in [0.2, 0.25) is 70.9 Å². The number of H-pyrrole nitrogens is 1. The van der Waals surface area contributed by atoms with Crippen molar-refractivity contribution in [1.82, 2.24) is 63.1 Å². The maximum Gasteiger partial charge on any atom is 0.326 e. The van der Waals surface area contributed by atoms with Crippen LogP contribution in [0, 0.1) is 11.8 Å². The minimum atomic E-state index is -1.76. The maximum absolute atomic E-state index is 14.7. The van der Waals surface area contributed by atoms with Crippen LogP contribution < -0.4 is 93.3 Å². The molecule has 2 heterocycles. The molecule has 12 atom stereocenters. The van der Waals surface area contributed by atoms with Crippen LogP contribution in [0.15, 0.2) is 70.8 Å². The number of primary amides is 1. The van der Waals surface area contributed by atoms with Crippen LogP contribution in [0.3, 0.4) is 0 Å². The van der Waals surface area contributed by atoms with Gasteiger partial charge in [0, 0.05) is 56.0 Å². The second-order valence-electron chi connectivity index (χ2n) is 27.3. The van der Waals surface area contributed by atoms with Gasteiger partial charge in [0.25, 0.3) is 0 Å². The molecule has 1 aliphatic rings. The Bertz CT molecular complexity index is 3620. The summed E-state index contributed by atoms with van der Waals surface area (Å²) in [5.74, 6) is -15.3. The van der Waals surface area contributed by atoms with Gasteiger partial charge in [0.1, 0.15) is 66.5 Å². The van der Waals surface area contributed by atoms with Crippen molar-refractivity contribution in [1.29, 1.82) is 0 Å². The molecule has 0 spiro atoms. The third-order valence-corrected chi connectivity index (χ3v) is 17.7. The van der Waals surface area contributed by atoms with Gasteiger partial charge in [-0.3, -0.25) is 72.3 Å². The molecule has 596 valence electrons. The van der Waals surface area contributed by atoms with E-state index in [0.29, 0.717) is 18.4 Å². The Morgan fingerprint density at radius 3 is 1.55 bits per heavy atom. The summed E-state index contributed by atoms with van der Waals surface area (Å²) < 4.78 is 0. The van der Waals surface area contributed by atoms with Crippen molar-refractivity contribution in [2.24, 2.45) is 62.0 Å². The molecule has 0 saturated carbocycles. The Kier molecular flexibility index (Phi) is 37.6. The Hall–Kier alpha value is -11.0. The van der Waals surface area contributed by atoms with Crippen LogP contribution in [0.1, 0.15) is 136 Å². The summed E-state index contributed by atoms with van der Waals surface area (Å²) in [6.45, 7) is 7.03. The molecule has 38 nitrogen and oxygen atoms in total. The Labute approximate surface area is 625 Å². The number of nitrogens with zero attached hydrogens (tertiary/aromatic N) is 3. The summed E-state index contributed by atoms with van der Waals surface area (Å²) in [5.41, 5.74) is 41.7. The Balaban J connectivity index is 1.51. The highest BCUT2D eigenvalue weighted by atomic mass is 16.4. The normalized spacial score (nSPS) is 15.6. The number of nitrogens with two attached hydrogens (primary N) is 7. The predicted octanol–water partition coefficient (Wildman–Crippen LogP) is -4.72. The Morgan fingerprint density at radius 1 is 0.537 bits per heavy atom. The smallest absolute Gasteiger partial charge is 0.326 e. The van der Waals surface area contributed by atoms with Gasteiger partial charge in [0.05, 0.1) is 12.6 Å². The molecule has 0 bridgehead atoms. The first-order valence-corrected chi connectivity index (χ1v) is 36.0. The number of carboxylic acids is 2. The van der Waals surface area contributed by atoms with Gasteiger partial charge in [-0.15, -0.1) is 0 Å². The molecule has 0 radical (unpaired) electrons. The van der Waals surface area contributed by atoms with Crippen LogP contribution in [0.4, 0.5) is 0 Å². The van der Waals surface area contributed by atoms with E-state index in [4.69, 9.17) is 40.1 Å². The van der Waals surface area contributed by atoms with Gasteiger partial charge in [-0.1, -0.05) is 76.2 Å². The minimum Gasteiger partial charge on any atom is -0.481 e. The van der Waals surface area contributed by atoms with Crippen LogP contribution in [0.2, 0.25) is 0 Å². The number of hydrogen-bond donors (Lipinski definition) is 21. The number of aliphatic carboxylic acids is 2. The number of unbranched alkanes of at least 4 members (excludes halogenated alkanes) is 1. The zero-order valence-corrected chi connectivity index (χ0v) is 61.6. The van der Waals surface area contributed by atoms with Crippen molar-refractivity contribution >= 4 is 106 Å². The highest BCUT2D eigenvalue weighted by Gasteiger charge is 2.42. The monoisotopic (exact) mass is 1520 g/mol. The maximum atomic E-state index is 14.7. The van der Waals surface area contributed by atoms with E-state index in [-0.39, 0.29) is 108 Å². The lowest BCUT2D eigenvalue weighted by atomic mass is 10.00. The van der Waals surface area contributed by atoms with Crippen molar-refractivity contribution in [3.8, 4) is 0 Å². The van der Waals surface area contributed by atoms with E-state index in [0.717, 1.165) is 16.5 Å². The average Bonchev–Trinajstić information content (AvgIpc) is 1.58. The number of para-hydroxylation sites is 1. The standard InChI is InChI=1S/C70H109N21O17/c1-37(2)32-50(87-63(102)49(25-27-55(94)95)85-64(103)52(36-92)89-61(100)45(20-11-12-28-71)83-58(97)43(72)34-41-35-80-44-19-10-9-18-42(41)44)67(106)91-31-15-23-53(91)65(104)90-56(38(3)4)66(105)86-48(24-26-54(73)93)62(101)84-46(21-13-29-78-69(74)75)59(98)81-39(5)57(96)82-47(22-14-30-79-70(76)77)60(99)88-51(68(107)108)33-40-16-7-6-8-17-40/h6-10,16-19,35,37-39,43,45-53,56,80,92H,11-15,20-34,36,71-72H2,1-5H3,(H2,73,93)(H,81,98)(H,82,96)(H,83,97)(H,84,101)(H,85,103)(H,86,105)(H,87,102)(H,88,99)(H,89,100)(H,90,104)(H,94,95)(H,107,108)(H4,74,75,78)(H4,76,77,79)/t39-,43-,45-,46-,47-,48-,49-,50-,51-,52-,53-,56-/m0/s1. The molecule has 2 aromatic carbocycles. The average molecular weight is 1520 g/mol. The number of carbonyl (C=O) groups excluding carboxylic acids is 12. The van der Waals surface area contributed by atoms with Crippen LogP contribution in [-0.2, 0) is 80.0 Å². The third-order valence-electron chi connectivity index (χ3n) is 17.7. The van der Waals surface area contributed by atoms with Crippen LogP contribution in [-0.4, -0.2) is 225 Å². The molecule has 1 fully saturated rings. The molecule has 12 amide bonds.